The molecule has 1 aliphatic rings. The van der Waals surface area contributed by atoms with Crippen molar-refractivity contribution in [3.05, 3.63) is 35.0 Å². The molecule has 1 fully saturated rings. The van der Waals surface area contributed by atoms with Gasteiger partial charge in [-0.05, 0) is 19.9 Å². The van der Waals surface area contributed by atoms with Gasteiger partial charge in [-0.1, -0.05) is 17.4 Å². The van der Waals surface area contributed by atoms with E-state index in [0.717, 1.165) is 43.3 Å². The van der Waals surface area contributed by atoms with E-state index in [1.165, 1.54) is 4.90 Å². The quantitative estimate of drug-likeness (QED) is 0.665. The first kappa shape index (κ1) is 19.2. The van der Waals surface area contributed by atoms with Crippen LogP contribution in [0.25, 0.3) is 0 Å². The summed E-state index contributed by atoms with van der Waals surface area (Å²) in [5.41, 5.74) is 0.578. The molecule has 0 radical (unpaired) electrons. The molecular weight excluding hydrogens is 366 g/mol. The minimum Gasteiger partial charge on any atom is -0.462 e. The summed E-state index contributed by atoms with van der Waals surface area (Å²) in [6.45, 7) is 7.77. The summed E-state index contributed by atoms with van der Waals surface area (Å²) in [5.74, 6) is 0.618. The third-order valence-corrected chi connectivity index (χ3v) is 5.47. The number of hydrogen-bond acceptors (Lipinski definition) is 6. The number of esters is 1. The van der Waals surface area contributed by atoms with Crippen LogP contribution < -0.4 is 20.1 Å². The Bertz CT molecular complexity index is 788. The molecule has 0 saturated carbocycles. The summed E-state index contributed by atoms with van der Waals surface area (Å²) in [6, 6.07) is 6.03. The Labute approximate surface area is 162 Å². The SMILES string of the molecule is CCOC(=O)c1sc(NC(=O)C[NH+]2CCN(c3cccc[nH+]3)CC2)nc1C. The number of amides is 1. The van der Waals surface area contributed by atoms with Crippen LogP contribution in [0.15, 0.2) is 24.4 Å². The van der Waals surface area contributed by atoms with E-state index < -0.39 is 5.97 Å². The number of nitrogens with one attached hydrogen (secondary N) is 3. The van der Waals surface area contributed by atoms with Crippen molar-refractivity contribution in [1.29, 1.82) is 0 Å². The molecule has 0 aromatic carbocycles. The van der Waals surface area contributed by atoms with Gasteiger partial charge in [-0.2, -0.15) is 0 Å². The molecule has 0 atom stereocenters. The Balaban J connectivity index is 1.49. The van der Waals surface area contributed by atoms with E-state index in [1.54, 1.807) is 13.8 Å². The van der Waals surface area contributed by atoms with Crippen molar-refractivity contribution in [3.8, 4) is 0 Å². The number of hydrogen-bond donors (Lipinski definition) is 2. The van der Waals surface area contributed by atoms with E-state index in [4.69, 9.17) is 4.74 Å². The second-order valence-corrected chi connectivity index (χ2v) is 7.36. The molecule has 0 unspecified atom stereocenters. The maximum Gasteiger partial charge on any atom is 0.350 e. The second kappa shape index (κ2) is 8.92. The van der Waals surface area contributed by atoms with E-state index >= 15 is 0 Å². The van der Waals surface area contributed by atoms with Crippen LogP contribution in [0.3, 0.4) is 0 Å². The van der Waals surface area contributed by atoms with Crippen LogP contribution in [0.5, 0.6) is 0 Å². The number of piperazine rings is 1. The summed E-state index contributed by atoms with van der Waals surface area (Å²) < 4.78 is 5.00. The van der Waals surface area contributed by atoms with Gasteiger partial charge in [0.25, 0.3) is 11.7 Å². The number of pyridine rings is 1. The van der Waals surface area contributed by atoms with E-state index in [1.807, 2.05) is 18.3 Å². The van der Waals surface area contributed by atoms with Crippen molar-refractivity contribution in [3.63, 3.8) is 0 Å². The molecule has 3 N–H and O–H groups in total. The fourth-order valence-corrected chi connectivity index (χ4v) is 3.92. The number of rotatable bonds is 6. The molecular formula is C18H25N5O3S+2. The van der Waals surface area contributed by atoms with Crippen molar-refractivity contribution in [2.24, 2.45) is 0 Å². The lowest BCUT2D eigenvalue weighted by molar-refractivity contribution is -0.892. The zero-order valence-electron chi connectivity index (χ0n) is 15.6. The second-order valence-electron chi connectivity index (χ2n) is 6.36. The zero-order chi connectivity index (χ0) is 19.2. The Morgan fingerprint density at radius 2 is 2.15 bits per heavy atom. The number of quaternary nitrogens is 1. The van der Waals surface area contributed by atoms with Crippen LogP contribution >= 0.6 is 11.3 Å². The van der Waals surface area contributed by atoms with Crippen LogP contribution in [0.4, 0.5) is 10.9 Å². The Morgan fingerprint density at radius 3 is 2.81 bits per heavy atom. The van der Waals surface area contributed by atoms with Crippen molar-refractivity contribution in [1.82, 2.24) is 4.98 Å². The average molecular weight is 391 g/mol. The van der Waals surface area contributed by atoms with Crippen molar-refractivity contribution >= 4 is 34.2 Å². The number of thiazole rings is 1. The highest BCUT2D eigenvalue weighted by Crippen LogP contribution is 2.23. The Morgan fingerprint density at radius 1 is 1.37 bits per heavy atom. The van der Waals surface area contributed by atoms with Crippen molar-refractivity contribution in [2.45, 2.75) is 13.8 Å². The standard InChI is InChI=1S/C18H23N5O3S/c1-3-26-17(25)16-13(2)20-18(27-16)21-15(24)12-22-8-10-23(11-9-22)14-6-4-5-7-19-14/h4-7H,3,8-12H2,1-2H3,(H,20,21,24)/p+2. The topological polar surface area (TPSA) is 90.1 Å². The molecule has 144 valence electrons. The highest BCUT2D eigenvalue weighted by Gasteiger charge is 2.27. The number of anilines is 2. The maximum atomic E-state index is 12.3. The summed E-state index contributed by atoms with van der Waals surface area (Å²) in [6.07, 6.45) is 1.92. The first-order chi connectivity index (χ1) is 13.1. The van der Waals surface area contributed by atoms with Gasteiger partial charge in [0.15, 0.2) is 11.7 Å². The highest BCUT2D eigenvalue weighted by atomic mass is 32.1. The maximum absolute atomic E-state index is 12.3. The monoisotopic (exact) mass is 391 g/mol. The van der Waals surface area contributed by atoms with Gasteiger partial charge >= 0.3 is 5.97 Å². The molecule has 3 heterocycles. The van der Waals surface area contributed by atoms with Crippen molar-refractivity contribution < 1.29 is 24.2 Å². The van der Waals surface area contributed by atoms with Crippen LogP contribution in [0, 0.1) is 6.92 Å². The molecule has 0 spiro atoms. The number of aromatic amines is 1. The molecule has 27 heavy (non-hydrogen) atoms. The predicted octanol–water partition coefficient (Wildman–Crippen LogP) is -0.214. The lowest BCUT2D eigenvalue weighted by atomic mass is 10.3. The highest BCUT2D eigenvalue weighted by molar-refractivity contribution is 7.17. The van der Waals surface area contributed by atoms with E-state index in [2.05, 4.69) is 26.3 Å². The fraction of sp³-hybridized carbons (Fsp3) is 0.444. The molecule has 1 aliphatic heterocycles. The summed E-state index contributed by atoms with van der Waals surface area (Å²) in [5, 5.41) is 3.25. The number of nitrogens with zero attached hydrogens (tertiary/aromatic N) is 2. The van der Waals surface area contributed by atoms with Gasteiger partial charge in [0.05, 0.1) is 18.5 Å². The molecule has 9 heteroatoms. The molecule has 2 aromatic heterocycles. The first-order valence-electron chi connectivity index (χ1n) is 9.06. The first-order valence-corrected chi connectivity index (χ1v) is 9.88. The number of aryl methyl sites for hydroxylation is 1. The predicted molar refractivity (Wildman–Crippen MR) is 102 cm³/mol. The lowest BCUT2D eigenvalue weighted by Gasteiger charge is -2.27. The summed E-state index contributed by atoms with van der Waals surface area (Å²) in [4.78, 5) is 35.7. The van der Waals surface area contributed by atoms with Crippen LogP contribution in [-0.4, -0.2) is 56.2 Å². The van der Waals surface area contributed by atoms with E-state index in [0.29, 0.717) is 28.9 Å². The normalized spacial score (nSPS) is 14.8. The molecule has 1 saturated heterocycles. The minimum absolute atomic E-state index is 0.0890. The summed E-state index contributed by atoms with van der Waals surface area (Å²) >= 11 is 1.16. The van der Waals surface area contributed by atoms with Crippen LogP contribution in [0.2, 0.25) is 0 Å². The third-order valence-electron chi connectivity index (χ3n) is 4.42. The average Bonchev–Trinajstić information content (AvgIpc) is 3.03. The molecule has 3 rings (SSSR count). The van der Waals surface area contributed by atoms with Crippen molar-refractivity contribution in [2.75, 3.05) is 49.5 Å². The van der Waals surface area contributed by atoms with Gasteiger partial charge in [0.1, 0.15) is 31.1 Å². The molecule has 8 nitrogen and oxygen atoms in total. The number of carbonyl (C=O) groups excluding carboxylic acids is 2. The molecule has 2 aromatic rings. The van der Waals surface area contributed by atoms with Crippen LogP contribution in [-0.2, 0) is 9.53 Å². The molecule has 1 amide bonds. The van der Waals surface area contributed by atoms with Gasteiger partial charge < -0.3 is 9.64 Å². The van der Waals surface area contributed by atoms with E-state index in [-0.39, 0.29) is 5.91 Å². The summed E-state index contributed by atoms with van der Waals surface area (Å²) in [7, 11) is 0. The van der Waals surface area contributed by atoms with Gasteiger partial charge in [-0.3, -0.25) is 15.0 Å². The smallest absolute Gasteiger partial charge is 0.350 e. The van der Waals surface area contributed by atoms with Gasteiger partial charge in [0, 0.05) is 6.07 Å². The van der Waals surface area contributed by atoms with E-state index in [9.17, 15) is 9.59 Å². The van der Waals surface area contributed by atoms with Gasteiger partial charge in [0.2, 0.25) is 0 Å². The van der Waals surface area contributed by atoms with Crippen LogP contribution in [0.1, 0.15) is 22.3 Å². The van der Waals surface area contributed by atoms with Gasteiger partial charge in [-0.15, -0.1) is 0 Å². The number of aromatic nitrogens is 2. The lowest BCUT2D eigenvalue weighted by Crippen LogP contribution is -3.15. The van der Waals surface area contributed by atoms with Gasteiger partial charge in [-0.25, -0.2) is 14.8 Å². The third kappa shape index (κ3) is 5.01. The number of carbonyl (C=O) groups is 2. The minimum atomic E-state index is -0.396. The number of H-pyrrole nitrogens is 1. The Hall–Kier alpha value is -2.52. The zero-order valence-corrected chi connectivity index (χ0v) is 16.4. The Kier molecular flexibility index (Phi) is 6.36. The largest absolute Gasteiger partial charge is 0.462 e. The fourth-order valence-electron chi connectivity index (χ4n) is 3.05. The molecule has 0 bridgehead atoms. The number of ether oxygens (including phenoxy) is 1. The molecule has 0 aliphatic carbocycles.